The predicted molar refractivity (Wildman–Crippen MR) is 84.0 cm³/mol. The van der Waals surface area contributed by atoms with E-state index in [1.165, 1.54) is 18.2 Å². The highest BCUT2D eigenvalue weighted by molar-refractivity contribution is 5.89. The molecule has 0 spiro atoms. The Balaban J connectivity index is 2.05. The van der Waals surface area contributed by atoms with Crippen molar-refractivity contribution in [1.82, 2.24) is 15.2 Å². The standard InChI is InChI=1S/C16H18F2N4O/c1-22(2)14(15-12(17)4-3-5-13(15)18)10-20-16(23)21-11-6-8-19-9-7-11/h3-9,14H,10H2,1-2H3,(H2,19,20,21,23). The average Bonchev–Trinajstić information content (AvgIpc) is 2.50. The van der Waals surface area contributed by atoms with Crippen LogP contribution in [0.3, 0.4) is 0 Å². The quantitative estimate of drug-likeness (QED) is 0.891. The average molecular weight is 320 g/mol. The Morgan fingerprint density at radius 2 is 1.78 bits per heavy atom. The summed E-state index contributed by atoms with van der Waals surface area (Å²) < 4.78 is 27.9. The summed E-state index contributed by atoms with van der Waals surface area (Å²) in [5.41, 5.74) is 0.512. The molecule has 0 saturated heterocycles. The van der Waals surface area contributed by atoms with Crippen molar-refractivity contribution in [3.63, 3.8) is 0 Å². The van der Waals surface area contributed by atoms with Gasteiger partial charge in [0.05, 0.1) is 6.04 Å². The van der Waals surface area contributed by atoms with E-state index in [2.05, 4.69) is 15.6 Å². The summed E-state index contributed by atoms with van der Waals surface area (Å²) in [6.07, 6.45) is 3.10. The lowest BCUT2D eigenvalue weighted by Crippen LogP contribution is -2.37. The molecule has 7 heteroatoms. The number of nitrogens with one attached hydrogen (secondary N) is 2. The zero-order valence-corrected chi connectivity index (χ0v) is 12.9. The van der Waals surface area contributed by atoms with E-state index in [9.17, 15) is 13.6 Å². The second-order valence-electron chi connectivity index (χ2n) is 5.19. The van der Waals surface area contributed by atoms with Gasteiger partial charge in [0, 0.05) is 30.2 Å². The maximum atomic E-state index is 13.9. The van der Waals surface area contributed by atoms with Gasteiger partial charge in [-0.3, -0.25) is 4.98 Å². The minimum Gasteiger partial charge on any atom is -0.336 e. The fourth-order valence-electron chi connectivity index (χ4n) is 2.17. The SMILES string of the molecule is CN(C)C(CNC(=O)Nc1ccncc1)c1c(F)cccc1F. The summed E-state index contributed by atoms with van der Waals surface area (Å²) in [6.45, 7) is 0.0573. The maximum Gasteiger partial charge on any atom is 0.319 e. The van der Waals surface area contributed by atoms with Crippen LogP contribution in [0, 0.1) is 11.6 Å². The number of nitrogens with zero attached hydrogens (tertiary/aromatic N) is 2. The third-order valence-corrected chi connectivity index (χ3v) is 3.35. The van der Waals surface area contributed by atoms with Crippen LogP contribution < -0.4 is 10.6 Å². The number of aromatic nitrogens is 1. The number of carbonyl (C=O) groups is 1. The first kappa shape index (κ1) is 16.8. The molecule has 1 atom stereocenters. The molecule has 0 radical (unpaired) electrons. The number of halogens is 2. The molecule has 2 amide bonds. The van der Waals surface area contributed by atoms with Crippen molar-refractivity contribution in [1.29, 1.82) is 0 Å². The first-order valence-corrected chi connectivity index (χ1v) is 7.04. The molecule has 2 N–H and O–H groups in total. The summed E-state index contributed by atoms with van der Waals surface area (Å²) in [4.78, 5) is 17.4. The number of amides is 2. The molecule has 2 rings (SSSR count). The lowest BCUT2D eigenvalue weighted by atomic mass is 10.0. The molecule has 0 saturated carbocycles. The zero-order chi connectivity index (χ0) is 16.8. The van der Waals surface area contributed by atoms with Gasteiger partial charge < -0.3 is 15.5 Å². The van der Waals surface area contributed by atoms with Gasteiger partial charge in [0.25, 0.3) is 0 Å². The van der Waals surface area contributed by atoms with E-state index in [1.54, 1.807) is 43.5 Å². The number of anilines is 1. The number of likely N-dealkylation sites (N-methyl/N-ethyl adjacent to an activating group) is 1. The molecule has 2 aromatic rings. The third-order valence-electron chi connectivity index (χ3n) is 3.35. The number of carbonyl (C=O) groups excluding carboxylic acids is 1. The van der Waals surface area contributed by atoms with Crippen LogP contribution in [0.2, 0.25) is 0 Å². The lowest BCUT2D eigenvalue weighted by molar-refractivity contribution is 0.240. The topological polar surface area (TPSA) is 57.3 Å². The van der Waals surface area contributed by atoms with Gasteiger partial charge in [0.2, 0.25) is 0 Å². The van der Waals surface area contributed by atoms with Gasteiger partial charge >= 0.3 is 6.03 Å². The zero-order valence-electron chi connectivity index (χ0n) is 12.9. The molecule has 0 aliphatic carbocycles. The minimum atomic E-state index is -0.639. The molecular formula is C16H18F2N4O. The molecule has 0 fully saturated rings. The van der Waals surface area contributed by atoms with Crippen LogP contribution in [0.15, 0.2) is 42.7 Å². The number of hydrogen-bond donors (Lipinski definition) is 2. The van der Waals surface area contributed by atoms with E-state index in [0.717, 1.165) is 0 Å². The van der Waals surface area contributed by atoms with Gasteiger partial charge in [-0.25, -0.2) is 13.6 Å². The van der Waals surface area contributed by atoms with E-state index in [4.69, 9.17) is 0 Å². The van der Waals surface area contributed by atoms with Gasteiger partial charge in [0.15, 0.2) is 0 Å². The molecule has 1 aromatic heterocycles. The summed E-state index contributed by atoms with van der Waals surface area (Å²) >= 11 is 0. The Kier molecular flexibility index (Phi) is 5.59. The van der Waals surface area contributed by atoms with Crippen molar-refractivity contribution >= 4 is 11.7 Å². The highest BCUT2D eigenvalue weighted by Crippen LogP contribution is 2.23. The van der Waals surface area contributed by atoms with Crippen LogP contribution in [0.4, 0.5) is 19.3 Å². The van der Waals surface area contributed by atoms with E-state index < -0.39 is 23.7 Å². The summed E-state index contributed by atoms with van der Waals surface area (Å²) in [5.74, 6) is -1.28. The van der Waals surface area contributed by atoms with Gasteiger partial charge in [-0.05, 0) is 38.4 Å². The maximum absolute atomic E-state index is 13.9. The Labute approximate surface area is 133 Å². The van der Waals surface area contributed by atoms with Gasteiger partial charge in [-0.2, -0.15) is 0 Å². The molecule has 1 heterocycles. The Morgan fingerprint density at radius 3 is 2.35 bits per heavy atom. The fraction of sp³-hybridized carbons (Fsp3) is 0.250. The highest BCUT2D eigenvalue weighted by atomic mass is 19.1. The van der Waals surface area contributed by atoms with Crippen molar-refractivity contribution in [3.8, 4) is 0 Å². The summed E-state index contributed by atoms with van der Waals surface area (Å²) in [7, 11) is 3.39. The highest BCUT2D eigenvalue weighted by Gasteiger charge is 2.22. The molecule has 23 heavy (non-hydrogen) atoms. The first-order valence-electron chi connectivity index (χ1n) is 7.04. The third kappa shape index (κ3) is 4.46. The Bertz CT molecular complexity index is 644. The van der Waals surface area contributed by atoms with E-state index in [0.29, 0.717) is 5.69 Å². The van der Waals surface area contributed by atoms with E-state index >= 15 is 0 Å². The molecule has 0 aliphatic rings. The van der Waals surface area contributed by atoms with Crippen molar-refractivity contribution in [2.24, 2.45) is 0 Å². The van der Waals surface area contributed by atoms with Gasteiger partial charge in [0.1, 0.15) is 11.6 Å². The van der Waals surface area contributed by atoms with Crippen molar-refractivity contribution in [2.75, 3.05) is 26.0 Å². The minimum absolute atomic E-state index is 0.0573. The first-order chi connectivity index (χ1) is 11.0. The molecule has 122 valence electrons. The van der Waals surface area contributed by atoms with E-state index in [-0.39, 0.29) is 12.1 Å². The smallest absolute Gasteiger partial charge is 0.319 e. The van der Waals surface area contributed by atoms with Crippen LogP contribution in [-0.4, -0.2) is 36.6 Å². The van der Waals surface area contributed by atoms with Crippen molar-refractivity contribution < 1.29 is 13.6 Å². The molecule has 0 aliphatic heterocycles. The molecule has 1 unspecified atom stereocenters. The second-order valence-corrected chi connectivity index (χ2v) is 5.19. The molecule has 5 nitrogen and oxygen atoms in total. The van der Waals surface area contributed by atoms with Crippen LogP contribution in [0.1, 0.15) is 11.6 Å². The van der Waals surface area contributed by atoms with Crippen LogP contribution >= 0.6 is 0 Å². The Hall–Kier alpha value is -2.54. The number of rotatable bonds is 5. The summed E-state index contributed by atoms with van der Waals surface area (Å²) in [5, 5.41) is 5.24. The molecular weight excluding hydrogens is 302 g/mol. The lowest BCUT2D eigenvalue weighted by Gasteiger charge is -2.25. The van der Waals surface area contributed by atoms with Crippen LogP contribution in [-0.2, 0) is 0 Å². The number of pyridine rings is 1. The van der Waals surface area contributed by atoms with Crippen molar-refractivity contribution in [2.45, 2.75) is 6.04 Å². The molecule has 1 aromatic carbocycles. The monoisotopic (exact) mass is 320 g/mol. The largest absolute Gasteiger partial charge is 0.336 e. The van der Waals surface area contributed by atoms with Gasteiger partial charge in [-0.15, -0.1) is 0 Å². The number of benzene rings is 1. The summed E-state index contributed by atoms with van der Waals surface area (Å²) in [6, 6.07) is 5.90. The fourth-order valence-corrected chi connectivity index (χ4v) is 2.17. The number of urea groups is 1. The van der Waals surface area contributed by atoms with Crippen molar-refractivity contribution in [3.05, 3.63) is 59.9 Å². The normalized spacial score (nSPS) is 12.0. The Morgan fingerprint density at radius 1 is 1.17 bits per heavy atom. The van der Waals surface area contributed by atoms with Crippen LogP contribution in [0.25, 0.3) is 0 Å². The number of hydrogen-bond acceptors (Lipinski definition) is 3. The second kappa shape index (κ2) is 7.64. The van der Waals surface area contributed by atoms with Crippen LogP contribution in [0.5, 0.6) is 0 Å². The molecule has 0 bridgehead atoms. The predicted octanol–water partition coefficient (Wildman–Crippen LogP) is 2.78. The van der Waals surface area contributed by atoms with Gasteiger partial charge in [-0.1, -0.05) is 6.07 Å². The van der Waals surface area contributed by atoms with E-state index in [1.807, 2.05) is 0 Å².